The number of hydrogen-bond donors (Lipinski definition) is 3. The zero-order chi connectivity index (χ0) is 14.1. The van der Waals surface area contributed by atoms with Crippen molar-refractivity contribution in [1.82, 2.24) is 10.2 Å². The molecule has 3 N–H and O–H groups in total. The van der Waals surface area contributed by atoms with Crippen LogP contribution in [0.3, 0.4) is 0 Å². The van der Waals surface area contributed by atoms with E-state index in [4.69, 9.17) is 0 Å². The van der Waals surface area contributed by atoms with Gasteiger partial charge in [-0.25, -0.2) is 4.39 Å². The van der Waals surface area contributed by atoms with Gasteiger partial charge in [0.15, 0.2) is 0 Å². The Kier molecular flexibility index (Phi) is 2.94. The molecule has 1 aromatic heterocycles. The molecule has 7 heteroatoms. The summed E-state index contributed by atoms with van der Waals surface area (Å²) in [5.41, 5.74) is 1.46. The molecule has 0 saturated carbocycles. The van der Waals surface area contributed by atoms with Crippen molar-refractivity contribution in [2.24, 2.45) is 0 Å². The van der Waals surface area contributed by atoms with Gasteiger partial charge in [-0.3, -0.25) is 14.7 Å². The normalized spacial score (nSPS) is 17.2. The molecule has 2 amide bonds. The molecule has 102 valence electrons. The molecule has 0 radical (unpaired) electrons. The predicted molar refractivity (Wildman–Crippen MR) is 69.6 cm³/mol. The van der Waals surface area contributed by atoms with Crippen LogP contribution in [0.2, 0.25) is 0 Å². The predicted octanol–water partition coefficient (Wildman–Crippen LogP) is 1.61. The molecule has 0 aliphatic carbocycles. The molecular formula is C13H11FN4O2. The standard InChI is InChI=1S/C13H11FN4O2/c14-7-1-2-9-10(4-12(19)18-11(9)3-7)13(20)17-8-5-15-16-6-8/h1-3,5-6,10H,4H2,(H,15,16)(H,17,20)(H,18,19)/t10-/m1/s1. The molecule has 0 saturated heterocycles. The highest BCUT2D eigenvalue weighted by Gasteiger charge is 2.31. The fourth-order valence-corrected chi connectivity index (χ4v) is 2.22. The quantitative estimate of drug-likeness (QED) is 0.777. The first-order valence-corrected chi connectivity index (χ1v) is 6.02. The number of halogens is 1. The Labute approximate surface area is 113 Å². The molecule has 0 bridgehead atoms. The van der Waals surface area contributed by atoms with E-state index in [1.54, 1.807) is 0 Å². The smallest absolute Gasteiger partial charge is 0.232 e. The van der Waals surface area contributed by atoms with E-state index in [2.05, 4.69) is 20.8 Å². The number of carbonyl (C=O) groups is 2. The fraction of sp³-hybridized carbons (Fsp3) is 0.154. The highest BCUT2D eigenvalue weighted by atomic mass is 19.1. The summed E-state index contributed by atoms with van der Waals surface area (Å²) in [6, 6.07) is 4.00. The lowest BCUT2D eigenvalue weighted by molar-refractivity contribution is -0.123. The van der Waals surface area contributed by atoms with Crippen molar-refractivity contribution < 1.29 is 14.0 Å². The Morgan fingerprint density at radius 1 is 1.45 bits per heavy atom. The molecule has 1 aliphatic rings. The van der Waals surface area contributed by atoms with Crippen molar-refractivity contribution in [3.8, 4) is 0 Å². The number of nitrogens with zero attached hydrogens (tertiary/aromatic N) is 1. The zero-order valence-corrected chi connectivity index (χ0v) is 10.3. The molecule has 2 heterocycles. The van der Waals surface area contributed by atoms with Crippen LogP contribution in [0.15, 0.2) is 30.6 Å². The van der Waals surface area contributed by atoms with Crippen LogP contribution >= 0.6 is 0 Å². The van der Waals surface area contributed by atoms with Crippen molar-refractivity contribution in [1.29, 1.82) is 0 Å². The van der Waals surface area contributed by atoms with E-state index in [9.17, 15) is 14.0 Å². The maximum Gasteiger partial charge on any atom is 0.232 e. The van der Waals surface area contributed by atoms with Crippen molar-refractivity contribution in [3.05, 3.63) is 42.0 Å². The van der Waals surface area contributed by atoms with Gasteiger partial charge in [-0.2, -0.15) is 5.10 Å². The van der Waals surface area contributed by atoms with Gasteiger partial charge >= 0.3 is 0 Å². The highest BCUT2D eigenvalue weighted by molar-refractivity contribution is 6.04. The number of anilines is 2. The van der Waals surface area contributed by atoms with Crippen LogP contribution in [0.4, 0.5) is 15.8 Å². The van der Waals surface area contributed by atoms with Crippen LogP contribution in [0, 0.1) is 5.82 Å². The van der Waals surface area contributed by atoms with Gasteiger partial charge in [0.1, 0.15) is 5.82 Å². The number of aromatic amines is 1. The first-order valence-electron chi connectivity index (χ1n) is 6.02. The molecule has 0 unspecified atom stereocenters. The average molecular weight is 274 g/mol. The third-order valence-corrected chi connectivity index (χ3v) is 3.14. The van der Waals surface area contributed by atoms with Gasteiger partial charge in [0.25, 0.3) is 0 Å². The first-order chi connectivity index (χ1) is 9.63. The summed E-state index contributed by atoms with van der Waals surface area (Å²) >= 11 is 0. The second-order valence-electron chi connectivity index (χ2n) is 4.51. The summed E-state index contributed by atoms with van der Waals surface area (Å²) in [5, 5.41) is 11.5. The molecule has 3 rings (SSSR count). The number of H-pyrrole nitrogens is 1. The summed E-state index contributed by atoms with van der Waals surface area (Å²) in [6.45, 7) is 0. The molecule has 20 heavy (non-hydrogen) atoms. The number of fused-ring (bicyclic) bond motifs is 1. The summed E-state index contributed by atoms with van der Waals surface area (Å²) in [4.78, 5) is 23.9. The fourth-order valence-electron chi connectivity index (χ4n) is 2.22. The van der Waals surface area contributed by atoms with Crippen LogP contribution in [0.1, 0.15) is 17.9 Å². The largest absolute Gasteiger partial charge is 0.326 e. The number of nitrogens with one attached hydrogen (secondary N) is 3. The maximum absolute atomic E-state index is 13.2. The third-order valence-electron chi connectivity index (χ3n) is 3.14. The molecule has 0 fully saturated rings. The number of amides is 2. The van der Waals surface area contributed by atoms with E-state index in [0.29, 0.717) is 16.9 Å². The number of benzene rings is 1. The SMILES string of the molecule is O=C1C[C@@H](C(=O)Nc2cn[nH]c2)c2ccc(F)cc2N1. The molecule has 6 nitrogen and oxygen atoms in total. The first kappa shape index (κ1) is 12.3. The zero-order valence-electron chi connectivity index (χ0n) is 10.3. The topological polar surface area (TPSA) is 86.9 Å². The minimum atomic E-state index is -0.644. The number of rotatable bonds is 2. The van der Waals surface area contributed by atoms with E-state index in [1.807, 2.05) is 0 Å². The highest BCUT2D eigenvalue weighted by Crippen LogP contribution is 2.33. The van der Waals surface area contributed by atoms with Crippen molar-refractivity contribution in [2.45, 2.75) is 12.3 Å². The molecule has 0 spiro atoms. The lowest BCUT2D eigenvalue weighted by Crippen LogP contribution is -2.30. The van der Waals surface area contributed by atoms with Gasteiger partial charge in [-0.05, 0) is 17.7 Å². The lowest BCUT2D eigenvalue weighted by Gasteiger charge is -2.24. The Balaban J connectivity index is 1.90. The minimum absolute atomic E-state index is 0.0301. The van der Waals surface area contributed by atoms with Gasteiger partial charge < -0.3 is 10.6 Å². The van der Waals surface area contributed by atoms with Crippen LogP contribution in [0.25, 0.3) is 0 Å². The van der Waals surface area contributed by atoms with Crippen LogP contribution < -0.4 is 10.6 Å². The van der Waals surface area contributed by atoms with E-state index in [0.717, 1.165) is 0 Å². The molecule has 1 atom stereocenters. The minimum Gasteiger partial charge on any atom is -0.326 e. The van der Waals surface area contributed by atoms with Crippen LogP contribution in [-0.4, -0.2) is 22.0 Å². The summed E-state index contributed by atoms with van der Waals surface area (Å²) < 4.78 is 13.2. The Morgan fingerprint density at radius 2 is 2.30 bits per heavy atom. The van der Waals surface area contributed by atoms with Crippen molar-refractivity contribution >= 4 is 23.2 Å². The Hall–Kier alpha value is -2.70. The van der Waals surface area contributed by atoms with Gasteiger partial charge in [0.05, 0.1) is 17.8 Å². The van der Waals surface area contributed by atoms with Crippen molar-refractivity contribution in [2.75, 3.05) is 10.6 Å². The molecular weight excluding hydrogens is 263 g/mol. The lowest BCUT2D eigenvalue weighted by atomic mass is 9.89. The van der Waals surface area contributed by atoms with E-state index in [-0.39, 0.29) is 18.2 Å². The van der Waals surface area contributed by atoms with Gasteiger partial charge in [-0.15, -0.1) is 0 Å². The summed E-state index contributed by atoms with van der Waals surface area (Å²) in [7, 11) is 0. The number of hydrogen-bond acceptors (Lipinski definition) is 3. The monoisotopic (exact) mass is 274 g/mol. The molecule has 2 aromatic rings. The molecule has 1 aliphatic heterocycles. The van der Waals surface area contributed by atoms with Gasteiger partial charge in [0, 0.05) is 18.3 Å². The Bertz CT molecular complexity index is 669. The van der Waals surface area contributed by atoms with Crippen LogP contribution in [-0.2, 0) is 9.59 Å². The molecule has 1 aromatic carbocycles. The van der Waals surface area contributed by atoms with Crippen molar-refractivity contribution in [3.63, 3.8) is 0 Å². The second-order valence-corrected chi connectivity index (χ2v) is 4.51. The average Bonchev–Trinajstić information content (AvgIpc) is 2.90. The summed E-state index contributed by atoms with van der Waals surface area (Å²) in [5.74, 6) is -1.74. The van der Waals surface area contributed by atoms with E-state index >= 15 is 0 Å². The number of carbonyl (C=O) groups excluding carboxylic acids is 2. The van der Waals surface area contributed by atoms with Gasteiger partial charge in [-0.1, -0.05) is 6.07 Å². The second kappa shape index (κ2) is 4.76. The van der Waals surface area contributed by atoms with E-state index < -0.39 is 11.7 Å². The Morgan fingerprint density at radius 3 is 3.05 bits per heavy atom. The number of aromatic nitrogens is 2. The van der Waals surface area contributed by atoms with E-state index in [1.165, 1.54) is 30.6 Å². The summed E-state index contributed by atoms with van der Waals surface area (Å²) in [6.07, 6.45) is 3.03. The van der Waals surface area contributed by atoms with Crippen LogP contribution in [0.5, 0.6) is 0 Å². The third kappa shape index (κ3) is 2.25. The maximum atomic E-state index is 13.2. The van der Waals surface area contributed by atoms with Gasteiger partial charge in [0.2, 0.25) is 11.8 Å².